The molecule has 1 aromatic heterocycles. The second-order valence-electron chi connectivity index (χ2n) is 3.51. The van der Waals surface area contributed by atoms with E-state index in [1.165, 1.54) is 0 Å². The van der Waals surface area contributed by atoms with E-state index in [2.05, 4.69) is 20.9 Å². The molecule has 2 nitrogen and oxygen atoms in total. The quantitative estimate of drug-likeness (QED) is 0.564. The highest BCUT2D eigenvalue weighted by Crippen LogP contribution is 2.26. The molecule has 1 atom stereocenters. The number of Topliss-reactive ketones (excluding diaryl/α,β-unsaturated/α-hetero) is 1. The molecule has 2 aromatic rings. The van der Waals surface area contributed by atoms with Gasteiger partial charge in [-0.3, -0.25) is 9.78 Å². The fraction of sp³-hybridized carbons (Fsp3) is 0.0769. The van der Waals surface area contributed by atoms with E-state index in [1.54, 1.807) is 36.7 Å². The van der Waals surface area contributed by atoms with Crippen LogP contribution in [0.2, 0.25) is 5.02 Å². The van der Waals surface area contributed by atoms with Crippen LogP contribution in [0.1, 0.15) is 20.7 Å². The number of carbonyl (C=O) groups is 1. The molecule has 0 N–H and O–H groups in total. The lowest BCUT2D eigenvalue weighted by Gasteiger charge is -2.08. The second kappa shape index (κ2) is 7.02. The summed E-state index contributed by atoms with van der Waals surface area (Å²) in [6.45, 7) is 0. The van der Waals surface area contributed by atoms with Crippen molar-refractivity contribution in [2.75, 3.05) is 0 Å². The van der Waals surface area contributed by atoms with Gasteiger partial charge in [-0.15, -0.1) is 17.0 Å². The maximum Gasteiger partial charge on any atom is 0.180 e. The SMILES string of the molecule is Br.O=C(c1ccc(Cl)cc1)C(Br)c1ccncc1. The number of nitrogens with zero attached hydrogens (tertiary/aromatic N) is 1. The van der Waals surface area contributed by atoms with Gasteiger partial charge >= 0.3 is 0 Å². The van der Waals surface area contributed by atoms with Crippen molar-refractivity contribution in [3.05, 3.63) is 64.9 Å². The van der Waals surface area contributed by atoms with Gasteiger partial charge in [-0.25, -0.2) is 0 Å². The molecular weight excluding hydrogens is 381 g/mol. The average Bonchev–Trinajstić information content (AvgIpc) is 2.39. The van der Waals surface area contributed by atoms with E-state index >= 15 is 0 Å². The molecule has 0 saturated heterocycles. The fourth-order valence-electron chi connectivity index (χ4n) is 1.44. The van der Waals surface area contributed by atoms with Gasteiger partial charge in [0.05, 0.1) is 0 Å². The second-order valence-corrected chi connectivity index (χ2v) is 4.87. The summed E-state index contributed by atoms with van der Waals surface area (Å²) in [5, 5.41) is 0.622. The van der Waals surface area contributed by atoms with Gasteiger partial charge in [-0.2, -0.15) is 0 Å². The predicted molar refractivity (Wildman–Crippen MR) is 82.0 cm³/mol. The molecule has 0 aliphatic heterocycles. The Bertz CT molecular complexity index is 516. The molecule has 0 fully saturated rings. The first-order chi connectivity index (χ1) is 8.18. The van der Waals surface area contributed by atoms with Crippen molar-refractivity contribution in [2.24, 2.45) is 0 Å². The van der Waals surface area contributed by atoms with E-state index in [0.29, 0.717) is 10.6 Å². The van der Waals surface area contributed by atoms with Gasteiger partial charge in [0.1, 0.15) is 4.83 Å². The van der Waals surface area contributed by atoms with Crippen LogP contribution in [0.15, 0.2) is 48.8 Å². The van der Waals surface area contributed by atoms with E-state index in [0.717, 1.165) is 5.56 Å². The van der Waals surface area contributed by atoms with Gasteiger partial charge in [0.15, 0.2) is 5.78 Å². The molecule has 5 heteroatoms. The number of ketones is 1. The monoisotopic (exact) mass is 389 g/mol. The van der Waals surface area contributed by atoms with Gasteiger partial charge in [-0.05, 0) is 42.0 Å². The van der Waals surface area contributed by atoms with Crippen LogP contribution in [0.25, 0.3) is 0 Å². The minimum atomic E-state index is -0.355. The van der Waals surface area contributed by atoms with Crippen molar-refractivity contribution < 1.29 is 4.79 Å². The number of benzene rings is 1. The molecule has 0 aliphatic carbocycles. The summed E-state index contributed by atoms with van der Waals surface area (Å²) in [5.74, 6) is 0.00728. The summed E-state index contributed by atoms with van der Waals surface area (Å²) in [6.07, 6.45) is 3.33. The maximum atomic E-state index is 12.1. The first kappa shape index (κ1) is 15.3. The van der Waals surface area contributed by atoms with Crippen molar-refractivity contribution in [1.29, 1.82) is 0 Å². The van der Waals surface area contributed by atoms with Crippen LogP contribution < -0.4 is 0 Å². The van der Waals surface area contributed by atoms with Crippen molar-refractivity contribution in [1.82, 2.24) is 4.98 Å². The van der Waals surface area contributed by atoms with E-state index in [9.17, 15) is 4.79 Å². The molecule has 0 amide bonds. The summed E-state index contributed by atoms with van der Waals surface area (Å²) in [7, 11) is 0. The summed E-state index contributed by atoms with van der Waals surface area (Å²) < 4.78 is 0. The van der Waals surface area contributed by atoms with Gasteiger partial charge < -0.3 is 0 Å². The van der Waals surface area contributed by atoms with Gasteiger partial charge in [0, 0.05) is 23.0 Å². The highest BCUT2D eigenvalue weighted by Gasteiger charge is 2.18. The highest BCUT2D eigenvalue weighted by molar-refractivity contribution is 9.09. The third-order valence-corrected chi connectivity index (χ3v) is 3.55. The molecule has 0 spiro atoms. The topological polar surface area (TPSA) is 30.0 Å². The first-order valence-electron chi connectivity index (χ1n) is 5.02. The summed E-state index contributed by atoms with van der Waals surface area (Å²) >= 11 is 9.18. The molecule has 94 valence electrons. The Balaban J connectivity index is 0.00000162. The van der Waals surface area contributed by atoms with Crippen LogP contribution in [0.3, 0.4) is 0 Å². The van der Waals surface area contributed by atoms with Crippen molar-refractivity contribution in [3.8, 4) is 0 Å². The van der Waals surface area contributed by atoms with Gasteiger partial charge in [-0.1, -0.05) is 27.5 Å². The van der Waals surface area contributed by atoms with Gasteiger partial charge in [0.25, 0.3) is 0 Å². The predicted octanol–water partition coefficient (Wildman–Crippen LogP) is 4.63. The smallest absolute Gasteiger partial charge is 0.180 e. The summed E-state index contributed by atoms with van der Waals surface area (Å²) in [6, 6.07) is 10.5. The van der Waals surface area contributed by atoms with E-state index in [1.807, 2.05) is 12.1 Å². The van der Waals surface area contributed by atoms with Crippen LogP contribution in [0.4, 0.5) is 0 Å². The summed E-state index contributed by atoms with van der Waals surface area (Å²) in [4.78, 5) is 15.7. The number of carbonyl (C=O) groups excluding carboxylic acids is 1. The minimum Gasteiger partial charge on any atom is -0.293 e. The van der Waals surface area contributed by atoms with Crippen LogP contribution in [-0.2, 0) is 0 Å². The number of rotatable bonds is 3. The zero-order chi connectivity index (χ0) is 12.3. The molecule has 0 bridgehead atoms. The van der Waals surface area contributed by atoms with Gasteiger partial charge in [0.2, 0.25) is 0 Å². The van der Waals surface area contributed by atoms with E-state index < -0.39 is 0 Å². The number of hydrogen-bond acceptors (Lipinski definition) is 2. The lowest BCUT2D eigenvalue weighted by molar-refractivity contribution is 0.0991. The van der Waals surface area contributed by atoms with Crippen LogP contribution in [0, 0.1) is 0 Å². The van der Waals surface area contributed by atoms with Crippen molar-refractivity contribution >= 4 is 50.3 Å². The zero-order valence-corrected chi connectivity index (χ0v) is 13.3. The normalized spacial score (nSPS) is 11.4. The third-order valence-electron chi connectivity index (χ3n) is 2.36. The number of aromatic nitrogens is 1. The molecule has 0 saturated carbocycles. The fourth-order valence-corrected chi connectivity index (χ4v) is 2.14. The van der Waals surface area contributed by atoms with E-state index in [-0.39, 0.29) is 27.6 Å². The van der Waals surface area contributed by atoms with Crippen LogP contribution in [-0.4, -0.2) is 10.8 Å². The van der Waals surface area contributed by atoms with Crippen molar-refractivity contribution in [2.45, 2.75) is 4.83 Å². The Kier molecular flexibility index (Phi) is 5.99. The Morgan fingerprint density at radius 2 is 1.67 bits per heavy atom. The number of hydrogen-bond donors (Lipinski definition) is 0. The molecule has 18 heavy (non-hydrogen) atoms. The Labute approximate surface area is 129 Å². The molecule has 0 radical (unpaired) electrons. The Morgan fingerprint density at radius 1 is 1.11 bits per heavy atom. The Morgan fingerprint density at radius 3 is 2.22 bits per heavy atom. The molecule has 1 heterocycles. The lowest BCUT2D eigenvalue weighted by atomic mass is 10.0. The van der Waals surface area contributed by atoms with Crippen LogP contribution in [0.5, 0.6) is 0 Å². The van der Waals surface area contributed by atoms with Crippen LogP contribution >= 0.6 is 44.5 Å². The van der Waals surface area contributed by atoms with Crippen molar-refractivity contribution in [3.63, 3.8) is 0 Å². The largest absolute Gasteiger partial charge is 0.293 e. The number of alkyl halides is 1. The third kappa shape index (κ3) is 3.64. The first-order valence-corrected chi connectivity index (χ1v) is 6.31. The summed E-state index contributed by atoms with van der Waals surface area (Å²) in [5.41, 5.74) is 1.52. The van der Waals surface area contributed by atoms with E-state index in [4.69, 9.17) is 11.6 Å². The molecule has 1 unspecified atom stereocenters. The molecular formula is C13H10Br2ClNO. The Hall–Kier alpha value is -0.710. The zero-order valence-electron chi connectivity index (χ0n) is 9.22. The standard InChI is InChI=1S/C13H9BrClNO.BrH/c14-12(9-5-7-16-8-6-9)13(17)10-1-3-11(15)4-2-10;/h1-8,12H;1H. The highest BCUT2D eigenvalue weighted by atomic mass is 79.9. The lowest BCUT2D eigenvalue weighted by Crippen LogP contribution is -2.06. The maximum absolute atomic E-state index is 12.1. The minimum absolute atomic E-state index is 0. The average molecular weight is 391 g/mol. The molecule has 2 rings (SSSR count). The molecule has 1 aromatic carbocycles. The number of halogens is 3. The number of pyridine rings is 1. The molecule has 0 aliphatic rings.